The van der Waals surface area contributed by atoms with Crippen LogP contribution in [0.1, 0.15) is 29.6 Å². The molecule has 0 heterocycles. The summed E-state index contributed by atoms with van der Waals surface area (Å²) >= 11 is 5.74. The molecule has 0 spiro atoms. The van der Waals surface area contributed by atoms with E-state index in [0.29, 0.717) is 29.2 Å². The number of unbranched alkanes of at least 4 members (excludes halogenated alkanes) is 2. The molecule has 1 aromatic carbocycles. The van der Waals surface area contributed by atoms with Crippen molar-refractivity contribution in [2.75, 3.05) is 12.3 Å². The van der Waals surface area contributed by atoms with Gasteiger partial charge in [0.1, 0.15) is 0 Å². The van der Waals surface area contributed by atoms with E-state index in [-0.39, 0.29) is 5.91 Å². The van der Waals surface area contributed by atoms with Gasteiger partial charge in [0.15, 0.2) is 0 Å². The van der Waals surface area contributed by atoms with Crippen LogP contribution in [0, 0.1) is 11.3 Å². The van der Waals surface area contributed by atoms with Crippen LogP contribution in [0.3, 0.4) is 0 Å². The minimum Gasteiger partial charge on any atom is -0.398 e. The lowest BCUT2D eigenvalue weighted by molar-refractivity contribution is 0.0954. The molecular weight excluding hydrogens is 238 g/mol. The summed E-state index contributed by atoms with van der Waals surface area (Å²) in [4.78, 5) is 11.7. The summed E-state index contributed by atoms with van der Waals surface area (Å²) in [5.74, 6) is -0.212. The van der Waals surface area contributed by atoms with Gasteiger partial charge in [-0.3, -0.25) is 4.79 Å². The molecule has 1 aromatic rings. The Hall–Kier alpha value is -1.73. The topological polar surface area (TPSA) is 78.9 Å². The molecule has 0 saturated carbocycles. The number of carbonyl (C=O) groups is 1. The summed E-state index contributed by atoms with van der Waals surface area (Å²) in [5, 5.41) is 11.6. The van der Waals surface area contributed by atoms with E-state index >= 15 is 0 Å². The second-order valence-corrected chi connectivity index (χ2v) is 4.04. The Morgan fingerprint density at radius 2 is 2.24 bits per heavy atom. The average Bonchev–Trinajstić information content (AvgIpc) is 2.28. The van der Waals surface area contributed by atoms with E-state index in [9.17, 15) is 4.79 Å². The van der Waals surface area contributed by atoms with E-state index in [4.69, 9.17) is 22.6 Å². The molecule has 17 heavy (non-hydrogen) atoms. The Bertz CT molecular complexity index is 440. The van der Waals surface area contributed by atoms with Gasteiger partial charge in [-0.25, -0.2) is 0 Å². The van der Waals surface area contributed by atoms with E-state index in [2.05, 4.69) is 11.4 Å². The lowest BCUT2D eigenvalue weighted by Gasteiger charge is -2.07. The second kappa shape index (κ2) is 6.77. The molecule has 0 atom stereocenters. The Labute approximate surface area is 105 Å². The van der Waals surface area contributed by atoms with Gasteiger partial charge in [-0.1, -0.05) is 11.6 Å². The molecule has 0 aromatic heterocycles. The van der Waals surface area contributed by atoms with E-state index < -0.39 is 0 Å². The first kappa shape index (κ1) is 13.3. The van der Waals surface area contributed by atoms with Gasteiger partial charge in [0.2, 0.25) is 0 Å². The van der Waals surface area contributed by atoms with Crippen LogP contribution < -0.4 is 11.1 Å². The van der Waals surface area contributed by atoms with Crippen LogP contribution >= 0.6 is 11.6 Å². The predicted octanol–water partition coefficient (Wildman–Crippen LogP) is 2.35. The molecule has 0 unspecified atom stereocenters. The third-order valence-electron chi connectivity index (χ3n) is 2.26. The maximum Gasteiger partial charge on any atom is 0.253 e. The summed E-state index contributed by atoms with van der Waals surface area (Å²) in [6.07, 6.45) is 2.08. The number of nitrogens with zero attached hydrogens (tertiary/aromatic N) is 1. The van der Waals surface area contributed by atoms with Gasteiger partial charge in [-0.15, -0.1) is 0 Å². The van der Waals surface area contributed by atoms with Gasteiger partial charge in [0.05, 0.1) is 11.6 Å². The van der Waals surface area contributed by atoms with Crippen molar-refractivity contribution in [3.8, 4) is 6.07 Å². The van der Waals surface area contributed by atoms with Crippen LogP contribution in [0.5, 0.6) is 0 Å². The molecular formula is C12H14ClN3O. The van der Waals surface area contributed by atoms with Gasteiger partial charge >= 0.3 is 0 Å². The number of halogens is 1. The Balaban J connectivity index is 2.45. The largest absolute Gasteiger partial charge is 0.398 e. The number of hydrogen-bond acceptors (Lipinski definition) is 3. The first-order valence-corrected chi connectivity index (χ1v) is 5.73. The first-order chi connectivity index (χ1) is 8.15. The van der Waals surface area contributed by atoms with Crippen molar-refractivity contribution in [2.45, 2.75) is 19.3 Å². The number of nitrogens with two attached hydrogens (primary N) is 1. The first-order valence-electron chi connectivity index (χ1n) is 5.35. The van der Waals surface area contributed by atoms with Gasteiger partial charge in [0, 0.05) is 23.7 Å². The highest BCUT2D eigenvalue weighted by molar-refractivity contribution is 6.31. The Morgan fingerprint density at radius 1 is 1.47 bits per heavy atom. The summed E-state index contributed by atoms with van der Waals surface area (Å²) < 4.78 is 0. The van der Waals surface area contributed by atoms with Crippen LogP contribution in [0.4, 0.5) is 5.69 Å². The minimum atomic E-state index is -0.212. The molecule has 5 heteroatoms. The normalized spacial score (nSPS) is 9.65. The number of benzene rings is 1. The molecule has 0 aliphatic carbocycles. The van der Waals surface area contributed by atoms with Crippen molar-refractivity contribution in [1.29, 1.82) is 5.26 Å². The van der Waals surface area contributed by atoms with Crippen LogP contribution in [-0.4, -0.2) is 12.5 Å². The highest BCUT2D eigenvalue weighted by Gasteiger charge is 2.08. The van der Waals surface area contributed by atoms with Crippen molar-refractivity contribution in [1.82, 2.24) is 5.32 Å². The lowest BCUT2D eigenvalue weighted by Crippen LogP contribution is -2.25. The zero-order valence-corrected chi connectivity index (χ0v) is 10.1. The number of rotatable bonds is 5. The summed E-state index contributed by atoms with van der Waals surface area (Å²) in [7, 11) is 0. The van der Waals surface area contributed by atoms with Gasteiger partial charge in [0.25, 0.3) is 5.91 Å². The average molecular weight is 252 g/mol. The van der Waals surface area contributed by atoms with Crippen LogP contribution in [0.25, 0.3) is 0 Å². The number of nitrogens with one attached hydrogen (secondary N) is 1. The van der Waals surface area contributed by atoms with Crippen LogP contribution in [0.15, 0.2) is 18.2 Å². The molecule has 3 N–H and O–H groups in total. The van der Waals surface area contributed by atoms with Crippen molar-refractivity contribution < 1.29 is 4.79 Å². The summed E-state index contributed by atoms with van der Waals surface area (Å²) in [6.45, 7) is 0.544. The fourth-order valence-corrected chi connectivity index (χ4v) is 1.55. The van der Waals surface area contributed by atoms with Crippen LogP contribution in [0.2, 0.25) is 5.02 Å². The number of nitrogen functional groups attached to an aromatic ring is 1. The zero-order chi connectivity index (χ0) is 12.7. The summed E-state index contributed by atoms with van der Waals surface area (Å²) in [6, 6.07) is 6.83. The smallest absolute Gasteiger partial charge is 0.253 e. The third-order valence-corrected chi connectivity index (χ3v) is 2.49. The number of hydrogen-bond donors (Lipinski definition) is 2. The summed E-state index contributed by atoms with van der Waals surface area (Å²) in [5.41, 5.74) is 6.48. The van der Waals surface area contributed by atoms with Crippen molar-refractivity contribution in [2.24, 2.45) is 0 Å². The molecule has 0 bridgehead atoms. The van der Waals surface area contributed by atoms with E-state index in [1.807, 2.05) is 0 Å². The maximum atomic E-state index is 11.7. The maximum absolute atomic E-state index is 11.7. The zero-order valence-electron chi connectivity index (χ0n) is 9.37. The molecule has 90 valence electrons. The highest BCUT2D eigenvalue weighted by atomic mass is 35.5. The third kappa shape index (κ3) is 4.33. The fourth-order valence-electron chi connectivity index (χ4n) is 1.37. The molecule has 0 aliphatic heterocycles. The monoisotopic (exact) mass is 251 g/mol. The van der Waals surface area contributed by atoms with E-state index in [1.54, 1.807) is 18.2 Å². The molecule has 0 aliphatic rings. The molecule has 0 saturated heterocycles. The highest BCUT2D eigenvalue weighted by Crippen LogP contribution is 2.17. The Kier molecular flexibility index (Phi) is 5.31. The van der Waals surface area contributed by atoms with Gasteiger partial charge < -0.3 is 11.1 Å². The van der Waals surface area contributed by atoms with Crippen molar-refractivity contribution in [3.63, 3.8) is 0 Å². The predicted molar refractivity (Wildman–Crippen MR) is 67.7 cm³/mol. The molecule has 1 amide bonds. The molecule has 0 fully saturated rings. The quantitative estimate of drug-likeness (QED) is 0.623. The minimum absolute atomic E-state index is 0.212. The van der Waals surface area contributed by atoms with Crippen LogP contribution in [-0.2, 0) is 0 Å². The van der Waals surface area contributed by atoms with E-state index in [0.717, 1.165) is 12.8 Å². The molecule has 0 radical (unpaired) electrons. The lowest BCUT2D eigenvalue weighted by atomic mass is 10.1. The molecule has 4 nitrogen and oxygen atoms in total. The number of carbonyl (C=O) groups excluding carboxylic acids is 1. The number of amides is 1. The molecule has 1 rings (SSSR count). The van der Waals surface area contributed by atoms with Crippen molar-refractivity contribution in [3.05, 3.63) is 28.8 Å². The number of nitriles is 1. The van der Waals surface area contributed by atoms with Gasteiger partial charge in [-0.2, -0.15) is 5.26 Å². The van der Waals surface area contributed by atoms with E-state index in [1.165, 1.54) is 0 Å². The van der Waals surface area contributed by atoms with Crippen molar-refractivity contribution >= 4 is 23.2 Å². The fraction of sp³-hybridized carbons (Fsp3) is 0.333. The van der Waals surface area contributed by atoms with Gasteiger partial charge in [-0.05, 0) is 31.0 Å². The second-order valence-electron chi connectivity index (χ2n) is 3.60. The Morgan fingerprint density at radius 3 is 2.88 bits per heavy atom. The standard InChI is InChI=1S/C12H14ClN3O/c13-9-4-5-10(11(15)8-9)12(17)16-7-3-1-2-6-14/h4-5,8H,1-3,7,15H2,(H,16,17). The number of anilines is 1. The SMILES string of the molecule is N#CCCCCNC(=O)c1ccc(Cl)cc1N.